The predicted molar refractivity (Wildman–Crippen MR) is 58.4 cm³/mol. The van der Waals surface area contributed by atoms with Crippen LogP contribution in [-0.2, 0) is 19.1 Å². The summed E-state index contributed by atoms with van der Waals surface area (Å²) in [6, 6.07) is -0.955. The number of ether oxygens (including phenoxy) is 2. The van der Waals surface area contributed by atoms with Crippen molar-refractivity contribution in [1.29, 1.82) is 0 Å². The van der Waals surface area contributed by atoms with Crippen LogP contribution >= 0.6 is 0 Å². The van der Waals surface area contributed by atoms with Gasteiger partial charge in [0.05, 0.1) is 6.61 Å². The minimum atomic E-state index is -1.21. The van der Waals surface area contributed by atoms with Gasteiger partial charge in [-0.3, -0.25) is 4.79 Å². The van der Waals surface area contributed by atoms with Crippen LogP contribution in [0.25, 0.3) is 0 Å². The maximum Gasteiger partial charge on any atom is 0.217 e. The van der Waals surface area contributed by atoms with Crippen LogP contribution in [0.4, 0.5) is 0 Å². The summed E-state index contributed by atoms with van der Waals surface area (Å²) in [5.41, 5.74) is 0. The Morgan fingerprint density at radius 2 is 1.88 bits per heavy atom. The zero-order chi connectivity index (χ0) is 13.4. The van der Waals surface area contributed by atoms with Crippen LogP contribution in [0.5, 0.6) is 0 Å². The minimum Gasteiger partial charge on any atom is -0.394 e. The fourth-order valence-corrected chi connectivity index (χ4v) is 1.53. The molecule has 0 aliphatic carbocycles. The molecule has 0 fully saturated rings. The number of hydrogen-bond donors (Lipinski definition) is 3. The number of nitrogens with one attached hydrogen (secondary N) is 1. The fraction of sp³-hybridized carbons (Fsp3) is 0.800. The maximum atomic E-state index is 10.9. The third-order valence-corrected chi connectivity index (χ3v) is 2.30. The largest absolute Gasteiger partial charge is 0.394 e. The van der Waals surface area contributed by atoms with Gasteiger partial charge >= 0.3 is 0 Å². The average molecular weight is 249 g/mol. The molecule has 7 heteroatoms. The molecule has 0 aromatic rings. The Morgan fingerprint density at radius 1 is 1.35 bits per heavy atom. The molecular formula is C10H19NO6. The van der Waals surface area contributed by atoms with Crippen LogP contribution in [0.2, 0.25) is 0 Å². The SMILES string of the molecule is CO[C@@H]([C@H](OC)[C@@H](C=O)NC(C)=O)[C@H](O)CO. The highest BCUT2D eigenvalue weighted by molar-refractivity contribution is 5.77. The van der Waals surface area contributed by atoms with E-state index in [-0.39, 0.29) is 0 Å². The number of methoxy groups -OCH3 is 2. The average Bonchev–Trinajstić information content (AvgIpc) is 2.32. The van der Waals surface area contributed by atoms with Crippen molar-refractivity contribution in [3.05, 3.63) is 0 Å². The molecule has 0 saturated carbocycles. The Morgan fingerprint density at radius 3 is 2.18 bits per heavy atom. The molecule has 0 heterocycles. The fourth-order valence-electron chi connectivity index (χ4n) is 1.53. The van der Waals surface area contributed by atoms with Crippen LogP contribution in [0.15, 0.2) is 0 Å². The quantitative estimate of drug-likeness (QED) is 0.433. The zero-order valence-electron chi connectivity index (χ0n) is 10.1. The Bertz CT molecular complexity index is 247. The number of aliphatic hydroxyl groups is 2. The standard InChI is InChI=1S/C10H19NO6/c1-6(14)11-7(4-12)9(16-2)10(17-3)8(15)5-13/h4,7-10,13,15H,5H2,1-3H3,(H,11,14)/t7-,8-,9-,10-/m1/s1. The van der Waals surface area contributed by atoms with E-state index in [1.807, 2.05) is 0 Å². The van der Waals surface area contributed by atoms with Crippen molar-refractivity contribution in [3.63, 3.8) is 0 Å². The van der Waals surface area contributed by atoms with Crippen molar-refractivity contribution in [3.8, 4) is 0 Å². The number of amides is 1. The number of hydrogen-bond acceptors (Lipinski definition) is 6. The molecule has 1 amide bonds. The molecule has 0 radical (unpaired) electrons. The molecule has 3 N–H and O–H groups in total. The summed E-state index contributed by atoms with van der Waals surface area (Å²) in [6.07, 6.45) is -2.53. The molecule has 7 nitrogen and oxygen atoms in total. The molecule has 4 atom stereocenters. The first-order valence-electron chi connectivity index (χ1n) is 5.08. The second-order valence-electron chi connectivity index (χ2n) is 3.51. The first-order chi connectivity index (χ1) is 8.01. The van der Waals surface area contributed by atoms with E-state index in [1.165, 1.54) is 21.1 Å². The highest BCUT2D eigenvalue weighted by Gasteiger charge is 2.34. The highest BCUT2D eigenvalue weighted by atomic mass is 16.5. The second kappa shape index (κ2) is 8.13. The maximum absolute atomic E-state index is 10.9. The molecule has 0 unspecified atom stereocenters. The lowest BCUT2D eigenvalue weighted by Crippen LogP contribution is -2.54. The van der Waals surface area contributed by atoms with Crippen LogP contribution in [0.1, 0.15) is 6.92 Å². The van der Waals surface area contributed by atoms with Crippen LogP contribution < -0.4 is 5.32 Å². The molecule has 100 valence electrons. The molecule has 0 aliphatic rings. The van der Waals surface area contributed by atoms with Gasteiger partial charge in [0.25, 0.3) is 0 Å². The summed E-state index contributed by atoms with van der Waals surface area (Å²) < 4.78 is 10.0. The van der Waals surface area contributed by atoms with Crippen molar-refractivity contribution >= 4 is 12.2 Å². The van der Waals surface area contributed by atoms with Gasteiger partial charge in [0, 0.05) is 21.1 Å². The van der Waals surface area contributed by atoms with Gasteiger partial charge < -0.3 is 29.8 Å². The van der Waals surface area contributed by atoms with E-state index >= 15 is 0 Å². The van der Waals surface area contributed by atoms with Gasteiger partial charge in [-0.2, -0.15) is 0 Å². The molecular weight excluding hydrogens is 230 g/mol. The van der Waals surface area contributed by atoms with Gasteiger partial charge in [-0.1, -0.05) is 0 Å². The lowest BCUT2D eigenvalue weighted by atomic mass is 10.0. The third-order valence-electron chi connectivity index (χ3n) is 2.30. The van der Waals surface area contributed by atoms with E-state index in [2.05, 4.69) is 5.32 Å². The molecule has 0 saturated heterocycles. The Labute approximate surface area is 99.7 Å². The van der Waals surface area contributed by atoms with Gasteiger partial charge in [-0.25, -0.2) is 0 Å². The molecule has 0 aromatic carbocycles. The van der Waals surface area contributed by atoms with E-state index in [1.54, 1.807) is 0 Å². The second-order valence-corrected chi connectivity index (χ2v) is 3.51. The van der Waals surface area contributed by atoms with Crippen LogP contribution in [0, 0.1) is 0 Å². The van der Waals surface area contributed by atoms with E-state index < -0.39 is 36.9 Å². The molecule has 0 rings (SSSR count). The van der Waals surface area contributed by atoms with Crippen LogP contribution in [-0.4, -0.2) is 67.6 Å². The van der Waals surface area contributed by atoms with Gasteiger partial charge in [-0.15, -0.1) is 0 Å². The van der Waals surface area contributed by atoms with E-state index in [9.17, 15) is 14.7 Å². The first kappa shape index (κ1) is 16.0. The summed E-state index contributed by atoms with van der Waals surface area (Å²) in [5, 5.41) is 20.7. The first-order valence-corrected chi connectivity index (χ1v) is 5.08. The van der Waals surface area contributed by atoms with E-state index in [0.29, 0.717) is 6.29 Å². The van der Waals surface area contributed by atoms with Crippen molar-refractivity contribution in [2.24, 2.45) is 0 Å². The summed E-state index contributed by atoms with van der Waals surface area (Å²) in [7, 11) is 2.63. The summed E-state index contributed by atoms with van der Waals surface area (Å²) in [5.74, 6) is -0.405. The molecule has 0 aromatic heterocycles. The van der Waals surface area contributed by atoms with Crippen molar-refractivity contribution in [2.45, 2.75) is 31.3 Å². The van der Waals surface area contributed by atoms with Gasteiger partial charge in [0.15, 0.2) is 0 Å². The Balaban J connectivity index is 4.85. The predicted octanol–water partition coefficient (Wildman–Crippen LogP) is -1.93. The van der Waals surface area contributed by atoms with Gasteiger partial charge in [0.2, 0.25) is 5.91 Å². The molecule has 17 heavy (non-hydrogen) atoms. The van der Waals surface area contributed by atoms with Gasteiger partial charge in [-0.05, 0) is 0 Å². The highest BCUT2D eigenvalue weighted by Crippen LogP contribution is 2.11. The number of aliphatic hydroxyl groups excluding tert-OH is 2. The third kappa shape index (κ3) is 4.78. The Kier molecular flexibility index (Phi) is 7.64. The molecule has 0 bridgehead atoms. The van der Waals surface area contributed by atoms with Crippen molar-refractivity contribution in [2.75, 3.05) is 20.8 Å². The van der Waals surface area contributed by atoms with Crippen molar-refractivity contribution in [1.82, 2.24) is 5.32 Å². The van der Waals surface area contributed by atoms with Crippen LogP contribution in [0.3, 0.4) is 0 Å². The van der Waals surface area contributed by atoms with E-state index in [0.717, 1.165) is 0 Å². The molecule has 0 spiro atoms. The lowest BCUT2D eigenvalue weighted by molar-refractivity contribution is -0.137. The van der Waals surface area contributed by atoms with Gasteiger partial charge in [0.1, 0.15) is 30.6 Å². The van der Waals surface area contributed by atoms with E-state index in [4.69, 9.17) is 14.6 Å². The smallest absolute Gasteiger partial charge is 0.217 e. The minimum absolute atomic E-state index is 0.405. The summed E-state index contributed by atoms with van der Waals surface area (Å²) in [6.45, 7) is 0.720. The summed E-state index contributed by atoms with van der Waals surface area (Å²) in [4.78, 5) is 21.8. The molecule has 0 aliphatic heterocycles. The lowest BCUT2D eigenvalue weighted by Gasteiger charge is -2.31. The number of rotatable bonds is 8. The number of carbonyl (C=O) groups excluding carboxylic acids is 2. The van der Waals surface area contributed by atoms with Crippen molar-refractivity contribution < 1.29 is 29.3 Å². The monoisotopic (exact) mass is 249 g/mol. The topological polar surface area (TPSA) is 105 Å². The zero-order valence-corrected chi connectivity index (χ0v) is 10.1. The summed E-state index contributed by atoms with van der Waals surface area (Å²) >= 11 is 0. The normalized spacial score (nSPS) is 17.9. The Hall–Kier alpha value is -1.02. The number of aldehydes is 1. The number of carbonyl (C=O) groups is 2.